The largest absolute Gasteiger partial charge is 0.480 e. The zero-order chi connectivity index (χ0) is 31.0. The number of carboxylic acid groups (broad SMARTS) is 1. The van der Waals surface area contributed by atoms with Crippen LogP contribution in [-0.4, -0.2) is 80.2 Å². The lowest BCUT2D eigenvalue weighted by atomic mass is 9.99. The van der Waals surface area contributed by atoms with Gasteiger partial charge in [-0.25, -0.2) is 0 Å². The quantitative estimate of drug-likeness (QED) is 0.211. The minimum absolute atomic E-state index is 0.0225. The number of carbonyl (C=O) groups excluding carboxylic acids is 2. The molecule has 0 saturated carbocycles. The van der Waals surface area contributed by atoms with Crippen molar-refractivity contribution in [2.24, 2.45) is 0 Å². The van der Waals surface area contributed by atoms with E-state index in [0.717, 1.165) is 16.7 Å². The highest BCUT2D eigenvalue weighted by Gasteiger charge is 2.43. The van der Waals surface area contributed by atoms with E-state index >= 15 is 0 Å². The van der Waals surface area contributed by atoms with E-state index < -0.39 is 48.7 Å². The number of hydrogen-bond acceptors (Lipinski definition) is 8. The van der Waals surface area contributed by atoms with E-state index in [1.165, 1.54) is 0 Å². The standard InChI is InChI=1S/C33H38N2O9/c36-29(35-17-31(38)39)16-34-30(37)23-40-21-27-32(43-19-25-12-6-2-7-13-25)33(44-20-26-14-8-3-9-15-26)28(22-42-27)41-18-24-10-4-1-5-11-24/h1-15,27-28,32-33H,16-23H2,(H,34,37)(H,35,36)(H,38,39)/t27-,28+,32-,33-/m1/s1. The molecule has 3 N–H and O–H groups in total. The Hall–Kier alpha value is -4.13. The maximum atomic E-state index is 12.3. The van der Waals surface area contributed by atoms with Crippen LogP contribution in [0.2, 0.25) is 0 Å². The van der Waals surface area contributed by atoms with Gasteiger partial charge in [0.2, 0.25) is 11.8 Å². The third kappa shape index (κ3) is 11.2. The lowest BCUT2D eigenvalue weighted by Crippen LogP contribution is -2.57. The maximum absolute atomic E-state index is 12.3. The highest BCUT2D eigenvalue weighted by atomic mass is 16.6. The van der Waals surface area contributed by atoms with Crippen LogP contribution in [0, 0.1) is 0 Å². The molecule has 4 rings (SSSR count). The highest BCUT2D eigenvalue weighted by molar-refractivity contribution is 5.86. The SMILES string of the molecule is O=C(O)CNC(=O)CNC(=O)COC[C@H]1OC[C@H](OCc2ccccc2)[C@@H](OCc2ccccc2)[C@@H]1OCc1ccccc1. The van der Waals surface area contributed by atoms with Crippen molar-refractivity contribution in [3.8, 4) is 0 Å². The number of carboxylic acids is 1. The fourth-order valence-corrected chi connectivity index (χ4v) is 4.57. The van der Waals surface area contributed by atoms with Crippen LogP contribution in [-0.2, 0) is 57.9 Å². The van der Waals surface area contributed by atoms with Crippen LogP contribution in [0.5, 0.6) is 0 Å². The Bertz CT molecular complexity index is 1290. The number of aliphatic carboxylic acids is 1. The van der Waals surface area contributed by atoms with Gasteiger partial charge in [0.1, 0.15) is 37.6 Å². The van der Waals surface area contributed by atoms with Crippen molar-refractivity contribution in [1.29, 1.82) is 0 Å². The second-order valence-electron chi connectivity index (χ2n) is 10.2. The van der Waals surface area contributed by atoms with Gasteiger partial charge in [0.15, 0.2) is 0 Å². The summed E-state index contributed by atoms with van der Waals surface area (Å²) in [7, 11) is 0. The number of benzene rings is 3. The number of hydrogen-bond donors (Lipinski definition) is 3. The third-order valence-corrected chi connectivity index (χ3v) is 6.81. The van der Waals surface area contributed by atoms with Gasteiger partial charge < -0.3 is 39.4 Å². The second-order valence-corrected chi connectivity index (χ2v) is 10.2. The number of carbonyl (C=O) groups is 3. The van der Waals surface area contributed by atoms with Gasteiger partial charge in [-0.3, -0.25) is 14.4 Å². The van der Waals surface area contributed by atoms with E-state index in [1.54, 1.807) is 0 Å². The molecule has 1 aliphatic rings. The van der Waals surface area contributed by atoms with Gasteiger partial charge in [0.05, 0.1) is 39.6 Å². The molecular formula is C33H38N2O9. The summed E-state index contributed by atoms with van der Waals surface area (Å²) in [4.78, 5) is 34.5. The van der Waals surface area contributed by atoms with Gasteiger partial charge in [0.25, 0.3) is 0 Å². The molecule has 0 unspecified atom stereocenters. The Labute approximate surface area is 256 Å². The summed E-state index contributed by atoms with van der Waals surface area (Å²) >= 11 is 0. The topological polar surface area (TPSA) is 142 Å². The van der Waals surface area contributed by atoms with E-state index in [9.17, 15) is 14.4 Å². The van der Waals surface area contributed by atoms with Crippen molar-refractivity contribution in [3.63, 3.8) is 0 Å². The summed E-state index contributed by atoms with van der Waals surface area (Å²) in [5.41, 5.74) is 2.99. The molecule has 3 aromatic carbocycles. The Kier molecular flexibility index (Phi) is 13.3. The Morgan fingerprint density at radius 2 is 1.18 bits per heavy atom. The fourth-order valence-electron chi connectivity index (χ4n) is 4.57. The zero-order valence-electron chi connectivity index (χ0n) is 24.3. The molecule has 11 heteroatoms. The summed E-state index contributed by atoms with van der Waals surface area (Å²) in [6, 6.07) is 29.4. The Morgan fingerprint density at radius 1 is 0.682 bits per heavy atom. The lowest BCUT2D eigenvalue weighted by Gasteiger charge is -2.42. The molecule has 0 aromatic heterocycles. The highest BCUT2D eigenvalue weighted by Crippen LogP contribution is 2.27. The summed E-state index contributed by atoms with van der Waals surface area (Å²) < 4.78 is 31.1. The van der Waals surface area contributed by atoms with Crippen LogP contribution in [0.4, 0.5) is 0 Å². The normalized spacial score (nSPS) is 19.6. The molecule has 1 aliphatic heterocycles. The van der Waals surface area contributed by atoms with E-state index in [0.29, 0.717) is 19.8 Å². The van der Waals surface area contributed by atoms with E-state index in [1.807, 2.05) is 91.0 Å². The average molecular weight is 607 g/mol. The van der Waals surface area contributed by atoms with E-state index in [2.05, 4.69) is 10.6 Å². The molecule has 4 atom stereocenters. The van der Waals surface area contributed by atoms with Gasteiger partial charge in [-0.15, -0.1) is 0 Å². The van der Waals surface area contributed by atoms with Gasteiger partial charge in [-0.2, -0.15) is 0 Å². The van der Waals surface area contributed by atoms with Gasteiger partial charge in [-0.1, -0.05) is 91.0 Å². The fraction of sp³-hybridized carbons (Fsp3) is 0.364. The van der Waals surface area contributed by atoms with Crippen molar-refractivity contribution in [1.82, 2.24) is 10.6 Å². The van der Waals surface area contributed by atoms with Gasteiger partial charge in [-0.05, 0) is 16.7 Å². The van der Waals surface area contributed by atoms with Gasteiger partial charge in [0, 0.05) is 0 Å². The summed E-state index contributed by atoms with van der Waals surface area (Å²) in [6.07, 6.45) is -2.14. The third-order valence-electron chi connectivity index (χ3n) is 6.81. The van der Waals surface area contributed by atoms with Crippen LogP contribution in [0.15, 0.2) is 91.0 Å². The second kappa shape index (κ2) is 17.9. The maximum Gasteiger partial charge on any atom is 0.322 e. The van der Waals surface area contributed by atoms with E-state index in [-0.39, 0.29) is 26.4 Å². The molecule has 234 valence electrons. The Balaban J connectivity index is 1.42. The van der Waals surface area contributed by atoms with Crippen molar-refractivity contribution in [2.45, 2.75) is 44.2 Å². The van der Waals surface area contributed by atoms with E-state index in [4.69, 9.17) is 28.8 Å². The summed E-state index contributed by atoms with van der Waals surface area (Å²) in [5, 5.41) is 13.2. The van der Waals surface area contributed by atoms with Crippen LogP contribution >= 0.6 is 0 Å². The van der Waals surface area contributed by atoms with Crippen molar-refractivity contribution in [3.05, 3.63) is 108 Å². The molecule has 0 bridgehead atoms. The Morgan fingerprint density at radius 3 is 1.73 bits per heavy atom. The molecule has 1 saturated heterocycles. The minimum Gasteiger partial charge on any atom is -0.480 e. The molecule has 1 heterocycles. The van der Waals surface area contributed by atoms with Crippen molar-refractivity contribution < 1.29 is 43.2 Å². The number of ether oxygens (including phenoxy) is 5. The molecular weight excluding hydrogens is 568 g/mol. The van der Waals surface area contributed by atoms with Crippen LogP contribution in [0.3, 0.4) is 0 Å². The molecule has 44 heavy (non-hydrogen) atoms. The molecule has 0 spiro atoms. The number of amides is 2. The average Bonchev–Trinajstić information content (AvgIpc) is 3.05. The first-order chi connectivity index (χ1) is 21.5. The smallest absolute Gasteiger partial charge is 0.322 e. The summed E-state index contributed by atoms with van der Waals surface area (Å²) in [6.45, 7) is 0.0197. The van der Waals surface area contributed by atoms with Gasteiger partial charge >= 0.3 is 5.97 Å². The predicted octanol–water partition coefficient (Wildman–Crippen LogP) is 2.48. The molecule has 1 fully saturated rings. The minimum atomic E-state index is -1.18. The van der Waals surface area contributed by atoms with Crippen LogP contribution < -0.4 is 10.6 Å². The number of rotatable bonds is 17. The van der Waals surface area contributed by atoms with Crippen molar-refractivity contribution in [2.75, 3.05) is 32.9 Å². The molecule has 3 aromatic rings. The lowest BCUT2D eigenvalue weighted by molar-refractivity contribution is -0.245. The monoisotopic (exact) mass is 606 g/mol. The molecule has 2 amide bonds. The molecule has 0 aliphatic carbocycles. The van der Waals surface area contributed by atoms with Crippen molar-refractivity contribution >= 4 is 17.8 Å². The molecule has 0 radical (unpaired) electrons. The first-order valence-corrected chi connectivity index (χ1v) is 14.4. The number of nitrogens with one attached hydrogen (secondary N) is 2. The summed E-state index contributed by atoms with van der Waals surface area (Å²) in [5.74, 6) is -2.33. The predicted molar refractivity (Wildman–Crippen MR) is 159 cm³/mol. The first kappa shape index (κ1) is 32.8. The van der Waals surface area contributed by atoms with Crippen LogP contribution in [0.1, 0.15) is 16.7 Å². The van der Waals surface area contributed by atoms with Crippen LogP contribution in [0.25, 0.3) is 0 Å². The first-order valence-electron chi connectivity index (χ1n) is 14.4. The molecule has 11 nitrogen and oxygen atoms in total. The zero-order valence-corrected chi connectivity index (χ0v) is 24.3.